The first-order valence-electron chi connectivity index (χ1n) is 6.76. The molecule has 1 fully saturated rings. The number of hydrogen-bond donors (Lipinski definition) is 2. The van der Waals surface area contributed by atoms with Gasteiger partial charge in [0, 0.05) is 25.7 Å². The van der Waals surface area contributed by atoms with Gasteiger partial charge >= 0.3 is 0 Å². The largest absolute Gasteiger partial charge is 0.355 e. The average Bonchev–Trinajstić information content (AvgIpc) is 2.79. The molecule has 1 aliphatic heterocycles. The summed E-state index contributed by atoms with van der Waals surface area (Å²) in [6.45, 7) is 3.93. The molecule has 2 N–H and O–H groups in total. The lowest BCUT2D eigenvalue weighted by atomic mass is 10.4. The molecule has 0 aliphatic carbocycles. The Morgan fingerprint density at radius 1 is 1.29 bits per heavy atom. The van der Waals surface area contributed by atoms with Crippen LogP contribution < -0.4 is 15.5 Å². The SMILES string of the molecule is N#Cc1cnc(Nc2cc(N3CCCNCC3)ncn2)s1. The summed E-state index contributed by atoms with van der Waals surface area (Å²) in [5, 5.41) is 16.0. The van der Waals surface area contributed by atoms with E-state index in [1.807, 2.05) is 6.07 Å². The molecule has 0 amide bonds. The van der Waals surface area contributed by atoms with Crippen molar-refractivity contribution in [1.82, 2.24) is 20.3 Å². The molecule has 21 heavy (non-hydrogen) atoms. The van der Waals surface area contributed by atoms with Crippen LogP contribution in [0.25, 0.3) is 0 Å². The predicted octanol–water partition coefficient (Wildman–Crippen LogP) is 1.35. The fraction of sp³-hybridized carbons (Fsp3) is 0.385. The van der Waals surface area contributed by atoms with Crippen LogP contribution in [0.2, 0.25) is 0 Å². The van der Waals surface area contributed by atoms with Crippen LogP contribution in [0.1, 0.15) is 11.3 Å². The van der Waals surface area contributed by atoms with E-state index >= 15 is 0 Å². The molecule has 3 rings (SSSR count). The summed E-state index contributed by atoms with van der Waals surface area (Å²) in [7, 11) is 0. The Kier molecular flexibility index (Phi) is 4.23. The van der Waals surface area contributed by atoms with E-state index in [-0.39, 0.29) is 0 Å². The minimum absolute atomic E-state index is 0.574. The molecule has 0 bridgehead atoms. The van der Waals surface area contributed by atoms with E-state index in [4.69, 9.17) is 5.26 Å². The summed E-state index contributed by atoms with van der Waals surface area (Å²) in [6, 6.07) is 3.99. The van der Waals surface area contributed by atoms with Gasteiger partial charge in [0.2, 0.25) is 0 Å². The van der Waals surface area contributed by atoms with Crippen molar-refractivity contribution in [1.29, 1.82) is 5.26 Å². The Balaban J connectivity index is 1.74. The summed E-state index contributed by atoms with van der Waals surface area (Å²) in [6.07, 6.45) is 4.20. The van der Waals surface area contributed by atoms with Gasteiger partial charge in [-0.25, -0.2) is 15.0 Å². The van der Waals surface area contributed by atoms with Gasteiger partial charge in [-0.1, -0.05) is 11.3 Å². The maximum Gasteiger partial charge on any atom is 0.189 e. The molecule has 2 aromatic rings. The van der Waals surface area contributed by atoms with E-state index in [0.717, 1.165) is 38.4 Å². The average molecular weight is 301 g/mol. The number of thiazole rings is 1. The number of nitrogens with zero attached hydrogens (tertiary/aromatic N) is 5. The van der Waals surface area contributed by atoms with Gasteiger partial charge in [-0.05, 0) is 13.0 Å². The van der Waals surface area contributed by atoms with E-state index in [9.17, 15) is 0 Å². The third-order valence-electron chi connectivity index (χ3n) is 3.17. The maximum atomic E-state index is 8.81. The Labute approximate surface area is 126 Å². The zero-order valence-electron chi connectivity index (χ0n) is 11.4. The molecule has 1 saturated heterocycles. The number of nitriles is 1. The topological polar surface area (TPSA) is 89.8 Å². The van der Waals surface area contributed by atoms with E-state index in [2.05, 4.69) is 36.6 Å². The molecular weight excluding hydrogens is 286 g/mol. The van der Waals surface area contributed by atoms with Crippen LogP contribution in [0.3, 0.4) is 0 Å². The molecule has 3 heterocycles. The zero-order chi connectivity index (χ0) is 14.5. The quantitative estimate of drug-likeness (QED) is 0.884. The number of aromatic nitrogens is 3. The standard InChI is InChI=1S/C13H15N7S/c14-7-10-8-16-13(21-10)19-11-6-12(18-9-17-11)20-4-1-2-15-3-5-20/h6,8-9,15H,1-5H2,(H,16,17,18,19). The molecular formula is C13H15N7S. The van der Waals surface area contributed by atoms with E-state index in [1.165, 1.54) is 11.3 Å². The van der Waals surface area contributed by atoms with Gasteiger partial charge in [0.15, 0.2) is 5.13 Å². The highest BCUT2D eigenvalue weighted by Gasteiger charge is 2.12. The highest BCUT2D eigenvalue weighted by atomic mass is 32.1. The molecule has 7 nitrogen and oxygen atoms in total. The molecule has 0 saturated carbocycles. The van der Waals surface area contributed by atoms with Gasteiger partial charge in [-0.3, -0.25) is 0 Å². The third-order valence-corrected chi connectivity index (χ3v) is 3.99. The minimum Gasteiger partial charge on any atom is -0.355 e. The van der Waals surface area contributed by atoms with Gasteiger partial charge in [0.25, 0.3) is 0 Å². The summed E-state index contributed by atoms with van der Waals surface area (Å²) in [5.41, 5.74) is 0. The van der Waals surface area contributed by atoms with Crippen LogP contribution in [0, 0.1) is 11.3 Å². The van der Waals surface area contributed by atoms with Crippen molar-refractivity contribution in [2.45, 2.75) is 6.42 Å². The zero-order valence-corrected chi connectivity index (χ0v) is 12.2. The van der Waals surface area contributed by atoms with Crippen LogP contribution in [0.4, 0.5) is 16.8 Å². The van der Waals surface area contributed by atoms with E-state index in [1.54, 1.807) is 12.5 Å². The number of hydrogen-bond acceptors (Lipinski definition) is 8. The molecule has 0 radical (unpaired) electrons. The number of anilines is 3. The van der Waals surface area contributed by atoms with Gasteiger partial charge in [-0.2, -0.15) is 5.26 Å². The second kappa shape index (κ2) is 6.47. The fourth-order valence-corrected chi connectivity index (χ4v) is 2.78. The molecule has 0 atom stereocenters. The van der Waals surface area contributed by atoms with Crippen LogP contribution in [0.15, 0.2) is 18.6 Å². The van der Waals surface area contributed by atoms with Crippen LogP contribution in [0.5, 0.6) is 0 Å². The first kappa shape index (κ1) is 13.7. The fourth-order valence-electron chi connectivity index (χ4n) is 2.16. The van der Waals surface area contributed by atoms with Crippen LogP contribution in [-0.4, -0.2) is 41.1 Å². The molecule has 0 unspecified atom stereocenters. The molecule has 1 aliphatic rings. The Morgan fingerprint density at radius 2 is 2.24 bits per heavy atom. The van der Waals surface area contributed by atoms with Gasteiger partial charge < -0.3 is 15.5 Å². The van der Waals surface area contributed by atoms with Crippen LogP contribution >= 0.6 is 11.3 Å². The summed E-state index contributed by atoms with van der Waals surface area (Å²) in [4.78, 5) is 15.5. The molecule has 108 valence electrons. The molecule has 2 aromatic heterocycles. The lowest BCUT2D eigenvalue weighted by Gasteiger charge is -2.21. The lowest BCUT2D eigenvalue weighted by Crippen LogP contribution is -2.28. The Morgan fingerprint density at radius 3 is 3.10 bits per heavy atom. The van der Waals surface area contributed by atoms with Crippen molar-refractivity contribution in [2.24, 2.45) is 0 Å². The Bertz CT molecular complexity index is 640. The summed E-state index contributed by atoms with van der Waals surface area (Å²) >= 11 is 1.31. The van der Waals surface area contributed by atoms with Crippen molar-refractivity contribution >= 4 is 28.1 Å². The van der Waals surface area contributed by atoms with Crippen molar-refractivity contribution in [3.8, 4) is 6.07 Å². The van der Waals surface area contributed by atoms with Crippen molar-refractivity contribution in [3.05, 3.63) is 23.5 Å². The van der Waals surface area contributed by atoms with E-state index in [0.29, 0.717) is 15.8 Å². The molecule has 0 spiro atoms. The third kappa shape index (κ3) is 3.45. The normalized spacial score (nSPS) is 15.3. The van der Waals surface area contributed by atoms with E-state index < -0.39 is 0 Å². The first-order valence-corrected chi connectivity index (χ1v) is 7.57. The second-order valence-corrected chi connectivity index (χ2v) is 5.65. The first-order chi connectivity index (χ1) is 10.3. The molecule has 0 aromatic carbocycles. The Hall–Kier alpha value is -2.24. The summed E-state index contributed by atoms with van der Waals surface area (Å²) in [5.74, 6) is 1.60. The van der Waals surface area contributed by atoms with Gasteiger partial charge in [-0.15, -0.1) is 0 Å². The molecule has 8 heteroatoms. The number of nitrogens with one attached hydrogen (secondary N) is 2. The van der Waals surface area contributed by atoms with Gasteiger partial charge in [0.1, 0.15) is 28.9 Å². The van der Waals surface area contributed by atoms with Crippen molar-refractivity contribution in [3.63, 3.8) is 0 Å². The smallest absolute Gasteiger partial charge is 0.189 e. The highest BCUT2D eigenvalue weighted by molar-refractivity contribution is 7.16. The van der Waals surface area contributed by atoms with Crippen LogP contribution in [-0.2, 0) is 0 Å². The monoisotopic (exact) mass is 301 g/mol. The lowest BCUT2D eigenvalue weighted by molar-refractivity contribution is 0.724. The number of rotatable bonds is 3. The highest BCUT2D eigenvalue weighted by Crippen LogP contribution is 2.22. The van der Waals surface area contributed by atoms with Crippen molar-refractivity contribution in [2.75, 3.05) is 36.4 Å². The van der Waals surface area contributed by atoms with Gasteiger partial charge in [0.05, 0.1) is 6.20 Å². The second-order valence-electron chi connectivity index (χ2n) is 4.62. The predicted molar refractivity (Wildman–Crippen MR) is 81.8 cm³/mol. The maximum absolute atomic E-state index is 8.81. The summed E-state index contributed by atoms with van der Waals surface area (Å²) < 4.78 is 0. The van der Waals surface area contributed by atoms with Crippen molar-refractivity contribution < 1.29 is 0 Å². The minimum atomic E-state index is 0.574.